The highest BCUT2D eigenvalue weighted by atomic mass is 16.5. The van der Waals surface area contributed by atoms with Gasteiger partial charge in [0.15, 0.2) is 17.3 Å². The molecule has 0 amide bonds. The van der Waals surface area contributed by atoms with Crippen molar-refractivity contribution < 1.29 is 23.4 Å². The van der Waals surface area contributed by atoms with Gasteiger partial charge in [-0.25, -0.2) is 0 Å². The Bertz CT molecular complexity index is 1010. The molecule has 0 radical (unpaired) electrons. The van der Waals surface area contributed by atoms with E-state index in [9.17, 15) is 4.79 Å². The van der Waals surface area contributed by atoms with E-state index >= 15 is 0 Å². The van der Waals surface area contributed by atoms with E-state index in [4.69, 9.17) is 23.4 Å². The smallest absolute Gasteiger partial charge is 0.235 e. The molecule has 1 aromatic heterocycles. The Morgan fingerprint density at radius 2 is 1.70 bits per heavy atom. The third-order valence-electron chi connectivity index (χ3n) is 4.18. The van der Waals surface area contributed by atoms with Crippen LogP contribution in [-0.4, -0.2) is 34.5 Å². The fourth-order valence-electron chi connectivity index (χ4n) is 2.82. The van der Waals surface area contributed by atoms with Crippen molar-refractivity contribution in [3.63, 3.8) is 0 Å². The van der Waals surface area contributed by atoms with Crippen LogP contribution in [0.3, 0.4) is 0 Å². The van der Waals surface area contributed by atoms with Crippen molar-refractivity contribution >= 4 is 11.0 Å². The predicted molar refractivity (Wildman–Crippen MR) is 103 cm³/mol. The molecule has 6 heteroatoms. The summed E-state index contributed by atoms with van der Waals surface area (Å²) in [6, 6.07) is 10.8. The van der Waals surface area contributed by atoms with E-state index in [0.717, 1.165) is 5.56 Å². The molecular weight excluding hydrogens is 348 g/mol. The van der Waals surface area contributed by atoms with Gasteiger partial charge >= 0.3 is 0 Å². The van der Waals surface area contributed by atoms with Crippen molar-refractivity contribution in [2.75, 3.05) is 34.5 Å². The molecule has 142 valence electrons. The lowest BCUT2D eigenvalue weighted by Gasteiger charge is -2.13. The second kappa shape index (κ2) is 8.14. The summed E-state index contributed by atoms with van der Waals surface area (Å²) in [6.07, 6.45) is 0. The largest absolute Gasteiger partial charge is 0.493 e. The minimum atomic E-state index is -0.221. The lowest BCUT2D eigenvalue weighted by atomic mass is 10.1. The van der Waals surface area contributed by atoms with Crippen LogP contribution in [0.2, 0.25) is 0 Å². The normalized spacial score (nSPS) is 10.8. The highest BCUT2D eigenvalue weighted by molar-refractivity contribution is 5.83. The molecule has 0 aliphatic carbocycles. The van der Waals surface area contributed by atoms with Gasteiger partial charge in [0, 0.05) is 12.7 Å². The summed E-state index contributed by atoms with van der Waals surface area (Å²) in [5, 5.41) is 0.478. The van der Waals surface area contributed by atoms with Crippen molar-refractivity contribution in [1.29, 1.82) is 0 Å². The molecule has 27 heavy (non-hydrogen) atoms. The van der Waals surface area contributed by atoms with E-state index in [1.54, 1.807) is 51.7 Å². The van der Waals surface area contributed by atoms with Gasteiger partial charge in [0.1, 0.15) is 12.2 Å². The molecule has 0 N–H and O–H groups in total. The van der Waals surface area contributed by atoms with Gasteiger partial charge in [-0.05, 0) is 37.3 Å². The number of hydrogen-bond donors (Lipinski definition) is 0. The number of rotatable bonds is 7. The summed E-state index contributed by atoms with van der Waals surface area (Å²) in [6.45, 7) is 2.52. The van der Waals surface area contributed by atoms with E-state index in [0.29, 0.717) is 40.4 Å². The number of ether oxygens (including phenoxy) is 4. The Hall–Kier alpha value is -2.99. The molecule has 2 aromatic carbocycles. The van der Waals surface area contributed by atoms with Crippen LogP contribution in [-0.2, 0) is 4.74 Å². The fraction of sp³-hybridized carbons (Fsp3) is 0.286. The van der Waals surface area contributed by atoms with Gasteiger partial charge in [0.05, 0.1) is 26.2 Å². The Labute approximate surface area is 157 Å². The molecule has 0 bridgehead atoms. The van der Waals surface area contributed by atoms with E-state index in [1.807, 2.05) is 13.0 Å². The zero-order valence-corrected chi connectivity index (χ0v) is 15.8. The molecule has 0 fully saturated rings. The second-order valence-electron chi connectivity index (χ2n) is 6.00. The summed E-state index contributed by atoms with van der Waals surface area (Å²) in [5.41, 5.74) is 1.89. The van der Waals surface area contributed by atoms with Crippen LogP contribution in [0.4, 0.5) is 0 Å². The van der Waals surface area contributed by atoms with Gasteiger partial charge in [-0.2, -0.15) is 0 Å². The Kier molecular flexibility index (Phi) is 5.66. The highest BCUT2D eigenvalue weighted by Crippen LogP contribution is 2.36. The van der Waals surface area contributed by atoms with Crippen LogP contribution in [0.1, 0.15) is 5.56 Å². The number of hydrogen-bond acceptors (Lipinski definition) is 6. The number of benzene rings is 2. The molecule has 6 nitrogen and oxygen atoms in total. The number of methoxy groups -OCH3 is 3. The highest BCUT2D eigenvalue weighted by Gasteiger charge is 2.19. The number of fused-ring (bicyclic) bond motifs is 1. The summed E-state index contributed by atoms with van der Waals surface area (Å²) in [5.74, 6) is 1.61. The monoisotopic (exact) mass is 370 g/mol. The van der Waals surface area contributed by atoms with Crippen molar-refractivity contribution in [3.8, 4) is 28.6 Å². The van der Waals surface area contributed by atoms with Crippen molar-refractivity contribution in [1.82, 2.24) is 0 Å². The van der Waals surface area contributed by atoms with Crippen LogP contribution < -0.4 is 19.6 Å². The summed E-state index contributed by atoms with van der Waals surface area (Å²) < 4.78 is 27.5. The van der Waals surface area contributed by atoms with Crippen molar-refractivity contribution in [2.24, 2.45) is 0 Å². The Morgan fingerprint density at radius 1 is 0.926 bits per heavy atom. The first kappa shape index (κ1) is 18.8. The molecule has 0 saturated carbocycles. The van der Waals surface area contributed by atoms with Gasteiger partial charge in [0.25, 0.3) is 0 Å². The van der Waals surface area contributed by atoms with Gasteiger partial charge < -0.3 is 23.4 Å². The predicted octanol–water partition coefficient (Wildman–Crippen LogP) is 3.81. The molecule has 0 saturated heterocycles. The molecule has 0 spiro atoms. The van der Waals surface area contributed by atoms with E-state index in [-0.39, 0.29) is 17.8 Å². The standard InChI is InChI=1S/C21H22O6/c1-13-5-7-16-15(11-13)19(22)21(26-10-9-23-2)20(27-16)14-6-8-17(24-3)18(12-14)25-4/h5-8,11-12H,9-10H2,1-4H3. The van der Waals surface area contributed by atoms with Crippen LogP contribution in [0.15, 0.2) is 45.6 Å². The molecule has 0 aliphatic rings. The Balaban J connectivity index is 2.22. The minimum absolute atomic E-state index is 0.150. The summed E-state index contributed by atoms with van der Waals surface area (Å²) in [7, 11) is 4.69. The van der Waals surface area contributed by atoms with Gasteiger partial charge in [-0.1, -0.05) is 11.6 Å². The van der Waals surface area contributed by atoms with Gasteiger partial charge in [-0.15, -0.1) is 0 Å². The lowest BCUT2D eigenvalue weighted by Crippen LogP contribution is -2.13. The first-order valence-electron chi connectivity index (χ1n) is 8.50. The molecule has 0 atom stereocenters. The van der Waals surface area contributed by atoms with Crippen LogP contribution in [0, 0.1) is 6.92 Å². The molecule has 3 rings (SSSR count). The van der Waals surface area contributed by atoms with Crippen LogP contribution >= 0.6 is 0 Å². The lowest BCUT2D eigenvalue weighted by molar-refractivity contribution is 0.145. The zero-order chi connectivity index (χ0) is 19.4. The van der Waals surface area contributed by atoms with E-state index in [2.05, 4.69) is 0 Å². The minimum Gasteiger partial charge on any atom is -0.493 e. The zero-order valence-electron chi connectivity index (χ0n) is 15.8. The quantitative estimate of drug-likeness (QED) is 0.589. The summed E-state index contributed by atoms with van der Waals surface area (Å²) >= 11 is 0. The fourth-order valence-corrected chi connectivity index (χ4v) is 2.82. The second-order valence-corrected chi connectivity index (χ2v) is 6.00. The molecule has 0 unspecified atom stereocenters. The third kappa shape index (κ3) is 3.75. The maximum absolute atomic E-state index is 13.1. The van der Waals surface area contributed by atoms with Crippen molar-refractivity contribution in [2.45, 2.75) is 6.92 Å². The van der Waals surface area contributed by atoms with E-state index in [1.165, 1.54) is 0 Å². The first-order valence-corrected chi connectivity index (χ1v) is 8.50. The number of aryl methyl sites for hydroxylation is 1. The molecular formula is C21H22O6. The van der Waals surface area contributed by atoms with E-state index < -0.39 is 0 Å². The third-order valence-corrected chi connectivity index (χ3v) is 4.18. The summed E-state index contributed by atoms with van der Waals surface area (Å²) in [4.78, 5) is 13.1. The maximum Gasteiger partial charge on any atom is 0.235 e. The van der Waals surface area contributed by atoms with Crippen LogP contribution in [0.5, 0.6) is 17.2 Å². The topological polar surface area (TPSA) is 67.1 Å². The molecule has 0 aliphatic heterocycles. The average Bonchev–Trinajstić information content (AvgIpc) is 2.69. The Morgan fingerprint density at radius 3 is 2.41 bits per heavy atom. The molecule has 3 aromatic rings. The van der Waals surface area contributed by atoms with Crippen LogP contribution in [0.25, 0.3) is 22.3 Å². The van der Waals surface area contributed by atoms with Gasteiger partial charge in [0.2, 0.25) is 11.2 Å². The average molecular weight is 370 g/mol. The van der Waals surface area contributed by atoms with Crippen molar-refractivity contribution in [3.05, 3.63) is 52.2 Å². The van der Waals surface area contributed by atoms with Gasteiger partial charge in [-0.3, -0.25) is 4.79 Å². The first-order chi connectivity index (χ1) is 13.1. The maximum atomic E-state index is 13.1. The molecule has 1 heterocycles. The SMILES string of the molecule is COCCOc1c(-c2ccc(OC)c(OC)c2)oc2ccc(C)cc2c1=O.